The standard InChI is InChI=1S/C24H26FN3O3/c25-19-8-6-17(7-9-19)16-26-22(29)18-10-14-27(15-11-18)12-3-13-28-23(30)20-4-1-2-5-21(20)24(28)31/h1-2,4-9,18H,3,10-16H2,(H,26,29). The lowest BCUT2D eigenvalue weighted by atomic mass is 9.95. The van der Waals surface area contributed by atoms with E-state index in [1.165, 1.54) is 17.0 Å². The first-order chi connectivity index (χ1) is 15.0. The van der Waals surface area contributed by atoms with Gasteiger partial charge in [0.05, 0.1) is 11.1 Å². The van der Waals surface area contributed by atoms with Gasteiger partial charge < -0.3 is 10.2 Å². The van der Waals surface area contributed by atoms with Crippen LogP contribution in [0.2, 0.25) is 0 Å². The third-order valence-electron chi connectivity index (χ3n) is 6.07. The van der Waals surface area contributed by atoms with Crippen molar-refractivity contribution in [1.82, 2.24) is 15.1 Å². The normalized spacial score (nSPS) is 17.1. The molecule has 1 saturated heterocycles. The molecule has 31 heavy (non-hydrogen) atoms. The number of nitrogens with one attached hydrogen (secondary N) is 1. The number of carbonyl (C=O) groups is 3. The molecule has 0 atom stereocenters. The van der Waals surface area contributed by atoms with Crippen LogP contribution in [0.25, 0.3) is 0 Å². The van der Waals surface area contributed by atoms with E-state index in [-0.39, 0.29) is 29.5 Å². The Labute approximate surface area is 181 Å². The molecular weight excluding hydrogens is 397 g/mol. The number of halogens is 1. The van der Waals surface area contributed by atoms with Crippen LogP contribution >= 0.6 is 0 Å². The molecular formula is C24H26FN3O3. The second kappa shape index (κ2) is 9.39. The minimum atomic E-state index is -0.287. The highest BCUT2D eigenvalue weighted by atomic mass is 19.1. The topological polar surface area (TPSA) is 69.7 Å². The van der Waals surface area contributed by atoms with E-state index in [1.54, 1.807) is 36.4 Å². The third-order valence-corrected chi connectivity index (χ3v) is 6.07. The first-order valence-corrected chi connectivity index (χ1v) is 10.7. The van der Waals surface area contributed by atoms with Gasteiger partial charge in [0.25, 0.3) is 11.8 Å². The number of likely N-dealkylation sites (tertiary alicyclic amines) is 1. The number of fused-ring (bicyclic) bond motifs is 1. The molecule has 0 aliphatic carbocycles. The lowest BCUT2D eigenvalue weighted by Gasteiger charge is -2.31. The number of benzene rings is 2. The predicted molar refractivity (Wildman–Crippen MR) is 114 cm³/mol. The summed E-state index contributed by atoms with van der Waals surface area (Å²) in [6.07, 6.45) is 2.28. The van der Waals surface area contributed by atoms with Crippen LogP contribution in [0.1, 0.15) is 45.5 Å². The second-order valence-electron chi connectivity index (χ2n) is 8.12. The molecule has 4 rings (SSSR count). The number of hydrogen-bond donors (Lipinski definition) is 1. The quantitative estimate of drug-likeness (QED) is 0.696. The van der Waals surface area contributed by atoms with Crippen LogP contribution in [-0.2, 0) is 11.3 Å². The minimum Gasteiger partial charge on any atom is -0.352 e. The number of imide groups is 1. The SMILES string of the molecule is O=C(NCc1ccc(F)cc1)C1CCN(CCCN2C(=O)c3ccccc3C2=O)CC1. The Bertz CT molecular complexity index is 933. The molecule has 2 aliphatic heterocycles. The molecule has 3 amide bonds. The van der Waals surface area contributed by atoms with Gasteiger partial charge in [-0.25, -0.2) is 4.39 Å². The summed E-state index contributed by atoms with van der Waals surface area (Å²) in [6, 6.07) is 13.1. The molecule has 0 radical (unpaired) electrons. The first-order valence-electron chi connectivity index (χ1n) is 10.7. The van der Waals surface area contributed by atoms with E-state index in [4.69, 9.17) is 0 Å². The summed E-state index contributed by atoms with van der Waals surface area (Å²) in [4.78, 5) is 40.9. The van der Waals surface area contributed by atoms with Crippen LogP contribution in [0.5, 0.6) is 0 Å². The highest BCUT2D eigenvalue weighted by Crippen LogP contribution is 2.23. The predicted octanol–water partition coefficient (Wildman–Crippen LogP) is 2.84. The Kier molecular flexibility index (Phi) is 6.42. The minimum absolute atomic E-state index is 0.0204. The van der Waals surface area contributed by atoms with E-state index in [2.05, 4.69) is 10.2 Å². The molecule has 7 heteroatoms. The number of piperidine rings is 1. The van der Waals surface area contributed by atoms with Crippen molar-refractivity contribution in [3.05, 3.63) is 71.0 Å². The second-order valence-corrected chi connectivity index (χ2v) is 8.12. The molecule has 0 unspecified atom stereocenters. The maximum absolute atomic E-state index is 13.0. The summed E-state index contributed by atoms with van der Waals surface area (Å²) >= 11 is 0. The summed E-state index contributed by atoms with van der Waals surface area (Å²) < 4.78 is 13.0. The summed E-state index contributed by atoms with van der Waals surface area (Å²) in [5.41, 5.74) is 1.85. The Morgan fingerprint density at radius 2 is 1.55 bits per heavy atom. The van der Waals surface area contributed by atoms with Crippen molar-refractivity contribution < 1.29 is 18.8 Å². The Morgan fingerprint density at radius 1 is 0.935 bits per heavy atom. The molecule has 0 bridgehead atoms. The van der Waals surface area contributed by atoms with Crippen molar-refractivity contribution in [2.75, 3.05) is 26.2 Å². The van der Waals surface area contributed by atoms with Crippen LogP contribution in [0, 0.1) is 11.7 Å². The summed E-state index contributed by atoms with van der Waals surface area (Å²) in [6.45, 7) is 3.23. The van der Waals surface area contributed by atoms with Crippen LogP contribution in [0.3, 0.4) is 0 Å². The maximum atomic E-state index is 13.0. The molecule has 2 aliphatic rings. The fourth-order valence-corrected chi connectivity index (χ4v) is 4.25. The van der Waals surface area contributed by atoms with Gasteiger partial charge in [-0.05, 0) is 68.7 Å². The lowest BCUT2D eigenvalue weighted by Crippen LogP contribution is -2.41. The van der Waals surface area contributed by atoms with Gasteiger partial charge in [-0.3, -0.25) is 19.3 Å². The molecule has 6 nitrogen and oxygen atoms in total. The number of rotatable bonds is 7. The van der Waals surface area contributed by atoms with E-state index in [9.17, 15) is 18.8 Å². The van der Waals surface area contributed by atoms with Crippen LogP contribution < -0.4 is 5.32 Å². The van der Waals surface area contributed by atoms with Gasteiger partial charge in [-0.2, -0.15) is 0 Å². The van der Waals surface area contributed by atoms with Gasteiger partial charge >= 0.3 is 0 Å². The lowest BCUT2D eigenvalue weighted by molar-refractivity contribution is -0.126. The van der Waals surface area contributed by atoms with E-state index < -0.39 is 0 Å². The number of nitrogens with zero attached hydrogens (tertiary/aromatic N) is 2. The number of amides is 3. The molecule has 2 aromatic carbocycles. The summed E-state index contributed by atoms with van der Waals surface area (Å²) in [7, 11) is 0. The highest BCUT2D eigenvalue weighted by Gasteiger charge is 2.34. The highest BCUT2D eigenvalue weighted by molar-refractivity contribution is 6.21. The zero-order valence-electron chi connectivity index (χ0n) is 17.4. The number of carbonyl (C=O) groups excluding carboxylic acids is 3. The molecule has 2 heterocycles. The smallest absolute Gasteiger partial charge is 0.261 e. The molecule has 0 aromatic heterocycles. The van der Waals surface area contributed by atoms with E-state index in [1.807, 2.05) is 0 Å². The van der Waals surface area contributed by atoms with Gasteiger partial charge in [0.15, 0.2) is 0 Å². The molecule has 0 saturated carbocycles. The van der Waals surface area contributed by atoms with Crippen molar-refractivity contribution >= 4 is 17.7 Å². The number of hydrogen-bond acceptors (Lipinski definition) is 4. The van der Waals surface area contributed by atoms with Gasteiger partial charge in [0.2, 0.25) is 5.91 Å². The molecule has 1 N–H and O–H groups in total. The Morgan fingerprint density at radius 3 is 2.16 bits per heavy atom. The average molecular weight is 423 g/mol. The largest absolute Gasteiger partial charge is 0.352 e. The maximum Gasteiger partial charge on any atom is 0.261 e. The van der Waals surface area contributed by atoms with Gasteiger partial charge in [-0.1, -0.05) is 24.3 Å². The fraction of sp³-hybridized carbons (Fsp3) is 0.375. The summed E-state index contributed by atoms with van der Waals surface area (Å²) in [5.74, 6) is -0.692. The molecule has 0 spiro atoms. The third kappa shape index (κ3) is 4.82. The van der Waals surface area contributed by atoms with Crippen LogP contribution in [0.15, 0.2) is 48.5 Å². The van der Waals surface area contributed by atoms with Crippen molar-refractivity contribution in [3.8, 4) is 0 Å². The Hall–Kier alpha value is -3.06. The van der Waals surface area contributed by atoms with E-state index in [0.29, 0.717) is 30.6 Å². The average Bonchev–Trinajstić information content (AvgIpc) is 3.04. The first kappa shape index (κ1) is 21.2. The van der Waals surface area contributed by atoms with Crippen molar-refractivity contribution in [2.24, 2.45) is 5.92 Å². The molecule has 1 fully saturated rings. The zero-order valence-corrected chi connectivity index (χ0v) is 17.4. The van der Waals surface area contributed by atoms with E-state index in [0.717, 1.165) is 38.0 Å². The Balaban J connectivity index is 1.17. The van der Waals surface area contributed by atoms with Crippen molar-refractivity contribution in [2.45, 2.75) is 25.8 Å². The monoisotopic (exact) mass is 423 g/mol. The van der Waals surface area contributed by atoms with Crippen LogP contribution in [-0.4, -0.2) is 53.7 Å². The van der Waals surface area contributed by atoms with E-state index >= 15 is 0 Å². The van der Waals surface area contributed by atoms with Gasteiger partial charge in [0, 0.05) is 19.0 Å². The van der Waals surface area contributed by atoms with Crippen LogP contribution in [0.4, 0.5) is 4.39 Å². The van der Waals surface area contributed by atoms with Gasteiger partial charge in [0.1, 0.15) is 5.82 Å². The van der Waals surface area contributed by atoms with Crippen molar-refractivity contribution in [3.63, 3.8) is 0 Å². The molecule has 162 valence electrons. The van der Waals surface area contributed by atoms with Gasteiger partial charge in [-0.15, -0.1) is 0 Å². The summed E-state index contributed by atoms with van der Waals surface area (Å²) in [5, 5.41) is 2.94. The molecule has 2 aromatic rings. The van der Waals surface area contributed by atoms with Crippen molar-refractivity contribution in [1.29, 1.82) is 0 Å². The zero-order chi connectivity index (χ0) is 21.8. The fourth-order valence-electron chi connectivity index (χ4n) is 4.25.